The molecule has 0 aromatic heterocycles. The molecule has 102 valence electrons. The van der Waals surface area contributed by atoms with Crippen LogP contribution in [-0.4, -0.2) is 8.42 Å². The number of nitriles is 1. The number of nitrogen functional groups attached to an aromatic ring is 1. The molecule has 0 fully saturated rings. The average molecular weight is 289 g/mol. The zero-order valence-corrected chi connectivity index (χ0v) is 11.1. The van der Waals surface area contributed by atoms with Gasteiger partial charge in [-0.2, -0.15) is 5.26 Å². The molecule has 0 atom stereocenters. The van der Waals surface area contributed by atoms with Gasteiger partial charge in [-0.25, -0.2) is 13.6 Å². The summed E-state index contributed by atoms with van der Waals surface area (Å²) in [6.07, 6.45) is 0. The fraction of sp³-hybridized carbons (Fsp3) is 0. The Morgan fingerprint density at radius 3 is 2.30 bits per heavy atom. The lowest BCUT2D eigenvalue weighted by Gasteiger charge is -2.10. The van der Waals surface area contributed by atoms with E-state index in [4.69, 9.17) is 20.9 Å². The van der Waals surface area contributed by atoms with E-state index in [9.17, 15) is 8.42 Å². The lowest BCUT2D eigenvalue weighted by molar-refractivity contribution is 0.483. The summed E-state index contributed by atoms with van der Waals surface area (Å²) in [6, 6.07) is 12.6. The van der Waals surface area contributed by atoms with Crippen molar-refractivity contribution in [2.24, 2.45) is 5.14 Å². The molecule has 0 aliphatic carbocycles. The Kier molecular flexibility index (Phi) is 3.61. The van der Waals surface area contributed by atoms with Gasteiger partial charge < -0.3 is 10.5 Å². The van der Waals surface area contributed by atoms with Crippen molar-refractivity contribution in [3.63, 3.8) is 0 Å². The van der Waals surface area contributed by atoms with Crippen LogP contribution in [0, 0.1) is 11.3 Å². The van der Waals surface area contributed by atoms with Gasteiger partial charge in [0.25, 0.3) is 0 Å². The summed E-state index contributed by atoms with van der Waals surface area (Å²) in [5.74, 6) is 0.614. The SMILES string of the molecule is N#Cc1ccc(Oc2cccc(S(N)(=O)=O)c2N)cc1. The molecule has 6 nitrogen and oxygen atoms in total. The number of primary sulfonamides is 1. The number of nitrogens with two attached hydrogens (primary N) is 2. The van der Waals surface area contributed by atoms with Gasteiger partial charge in [-0.3, -0.25) is 0 Å². The first-order chi connectivity index (χ1) is 9.41. The maximum absolute atomic E-state index is 11.3. The zero-order chi connectivity index (χ0) is 14.8. The molecular formula is C13H11N3O3S. The molecule has 0 spiro atoms. The first-order valence-corrected chi connectivity index (χ1v) is 7.06. The Balaban J connectivity index is 2.37. The molecular weight excluding hydrogens is 278 g/mol. The summed E-state index contributed by atoms with van der Waals surface area (Å²) >= 11 is 0. The van der Waals surface area contributed by atoms with Crippen LogP contribution in [0.5, 0.6) is 11.5 Å². The molecule has 0 aliphatic rings. The maximum Gasteiger partial charge on any atom is 0.240 e. The summed E-state index contributed by atoms with van der Waals surface area (Å²) < 4.78 is 28.2. The Morgan fingerprint density at radius 1 is 1.10 bits per heavy atom. The van der Waals surface area contributed by atoms with Crippen molar-refractivity contribution < 1.29 is 13.2 Å². The third kappa shape index (κ3) is 2.88. The van der Waals surface area contributed by atoms with E-state index in [0.29, 0.717) is 11.3 Å². The first-order valence-electron chi connectivity index (χ1n) is 5.51. The average Bonchev–Trinajstić information content (AvgIpc) is 2.40. The number of hydrogen-bond donors (Lipinski definition) is 2. The van der Waals surface area contributed by atoms with Crippen molar-refractivity contribution in [2.75, 3.05) is 5.73 Å². The number of anilines is 1. The number of sulfonamides is 1. The minimum absolute atomic E-state index is 0.0561. The monoisotopic (exact) mass is 289 g/mol. The van der Waals surface area contributed by atoms with Gasteiger partial charge in [0.05, 0.1) is 17.3 Å². The molecule has 0 aliphatic heterocycles. The van der Waals surface area contributed by atoms with Gasteiger partial charge in [-0.05, 0) is 36.4 Å². The first kappa shape index (κ1) is 13.9. The molecule has 2 aromatic carbocycles. The molecule has 0 saturated carbocycles. The topological polar surface area (TPSA) is 119 Å². The number of rotatable bonds is 3. The third-order valence-electron chi connectivity index (χ3n) is 2.54. The van der Waals surface area contributed by atoms with E-state index < -0.39 is 10.0 Å². The summed E-state index contributed by atoms with van der Waals surface area (Å²) in [5, 5.41) is 13.8. The van der Waals surface area contributed by atoms with Crippen LogP contribution in [0.2, 0.25) is 0 Å². The molecule has 4 N–H and O–H groups in total. The molecule has 0 amide bonds. The van der Waals surface area contributed by atoms with Gasteiger partial charge in [0.1, 0.15) is 10.6 Å². The van der Waals surface area contributed by atoms with E-state index in [1.54, 1.807) is 24.3 Å². The van der Waals surface area contributed by atoms with E-state index in [-0.39, 0.29) is 16.3 Å². The molecule has 0 saturated heterocycles. The van der Waals surface area contributed by atoms with Crippen LogP contribution in [-0.2, 0) is 10.0 Å². The van der Waals surface area contributed by atoms with Gasteiger partial charge in [-0.1, -0.05) is 6.07 Å². The highest BCUT2D eigenvalue weighted by molar-refractivity contribution is 7.89. The Hall–Kier alpha value is -2.56. The molecule has 20 heavy (non-hydrogen) atoms. The van der Waals surface area contributed by atoms with Crippen molar-refractivity contribution in [1.82, 2.24) is 0 Å². The van der Waals surface area contributed by atoms with Crippen molar-refractivity contribution in [2.45, 2.75) is 4.90 Å². The number of hydrogen-bond acceptors (Lipinski definition) is 5. The number of ether oxygens (including phenoxy) is 1. The highest BCUT2D eigenvalue weighted by Crippen LogP contribution is 2.31. The van der Waals surface area contributed by atoms with Crippen LogP contribution in [0.25, 0.3) is 0 Å². The number of para-hydroxylation sites is 1. The molecule has 0 radical (unpaired) electrons. The lowest BCUT2D eigenvalue weighted by atomic mass is 10.2. The van der Waals surface area contributed by atoms with Crippen LogP contribution < -0.4 is 15.6 Å². The van der Waals surface area contributed by atoms with Gasteiger partial charge in [0, 0.05) is 0 Å². The molecule has 7 heteroatoms. The fourth-order valence-corrected chi connectivity index (χ4v) is 2.26. The minimum atomic E-state index is -3.91. The van der Waals surface area contributed by atoms with Gasteiger partial charge >= 0.3 is 0 Å². The summed E-state index contributed by atoms with van der Waals surface area (Å²) in [7, 11) is -3.91. The predicted octanol–water partition coefficient (Wildman–Crippen LogP) is 1.58. The number of nitrogens with zero attached hydrogens (tertiary/aromatic N) is 1. The summed E-state index contributed by atoms with van der Waals surface area (Å²) in [4.78, 5) is -0.191. The second kappa shape index (κ2) is 5.21. The largest absolute Gasteiger partial charge is 0.455 e. The van der Waals surface area contributed by atoms with Crippen molar-refractivity contribution in [3.05, 3.63) is 48.0 Å². The summed E-state index contributed by atoms with van der Waals surface area (Å²) in [6.45, 7) is 0. The Bertz CT molecular complexity index is 777. The molecule has 0 unspecified atom stereocenters. The van der Waals surface area contributed by atoms with Gasteiger partial charge in [0.2, 0.25) is 10.0 Å². The second-order valence-corrected chi connectivity index (χ2v) is 5.48. The standard InChI is InChI=1S/C13H11N3O3S/c14-8-9-4-6-10(7-5-9)19-11-2-1-3-12(13(11)15)20(16,17)18/h1-7H,15H2,(H2,16,17,18). The van der Waals surface area contributed by atoms with Gasteiger partial charge in [-0.15, -0.1) is 0 Å². The Labute approximate surface area is 116 Å². The van der Waals surface area contributed by atoms with Gasteiger partial charge in [0.15, 0.2) is 5.75 Å². The van der Waals surface area contributed by atoms with E-state index in [0.717, 1.165) is 0 Å². The van der Waals surface area contributed by atoms with Crippen molar-refractivity contribution in [3.8, 4) is 17.6 Å². The lowest BCUT2D eigenvalue weighted by Crippen LogP contribution is -2.14. The zero-order valence-electron chi connectivity index (χ0n) is 10.3. The second-order valence-electron chi connectivity index (χ2n) is 3.95. The number of benzene rings is 2. The van der Waals surface area contributed by atoms with Crippen LogP contribution in [0.4, 0.5) is 5.69 Å². The van der Waals surface area contributed by atoms with E-state index in [1.165, 1.54) is 18.2 Å². The van der Waals surface area contributed by atoms with Crippen LogP contribution in [0.1, 0.15) is 5.56 Å². The minimum Gasteiger partial charge on any atom is -0.455 e. The van der Waals surface area contributed by atoms with Crippen LogP contribution in [0.15, 0.2) is 47.4 Å². The van der Waals surface area contributed by atoms with Crippen molar-refractivity contribution in [1.29, 1.82) is 5.26 Å². The van der Waals surface area contributed by atoms with Crippen LogP contribution >= 0.6 is 0 Å². The summed E-state index contributed by atoms with van der Waals surface area (Å²) in [5.41, 5.74) is 6.17. The smallest absolute Gasteiger partial charge is 0.240 e. The highest BCUT2D eigenvalue weighted by Gasteiger charge is 2.15. The van der Waals surface area contributed by atoms with Crippen molar-refractivity contribution >= 4 is 15.7 Å². The molecule has 0 bridgehead atoms. The normalized spacial score (nSPS) is 10.8. The molecule has 2 rings (SSSR count). The Morgan fingerprint density at radius 2 is 1.75 bits per heavy atom. The van der Waals surface area contributed by atoms with E-state index in [2.05, 4.69) is 0 Å². The fourth-order valence-electron chi connectivity index (χ4n) is 1.59. The molecule has 2 aromatic rings. The van der Waals surface area contributed by atoms with E-state index >= 15 is 0 Å². The van der Waals surface area contributed by atoms with E-state index in [1.807, 2.05) is 6.07 Å². The van der Waals surface area contributed by atoms with Crippen LogP contribution in [0.3, 0.4) is 0 Å². The molecule has 0 heterocycles. The maximum atomic E-state index is 11.3. The predicted molar refractivity (Wildman–Crippen MR) is 73.5 cm³/mol. The highest BCUT2D eigenvalue weighted by atomic mass is 32.2. The third-order valence-corrected chi connectivity index (χ3v) is 3.51. The quantitative estimate of drug-likeness (QED) is 0.831.